The summed E-state index contributed by atoms with van der Waals surface area (Å²) in [5, 5.41) is 12.1. The summed E-state index contributed by atoms with van der Waals surface area (Å²) in [6.07, 6.45) is 1.76. The van der Waals surface area contributed by atoms with Crippen LogP contribution < -0.4 is 0 Å². The molecule has 1 aromatic carbocycles. The first-order chi connectivity index (χ1) is 8.52. The van der Waals surface area contributed by atoms with E-state index in [1.807, 2.05) is 0 Å². The predicted octanol–water partition coefficient (Wildman–Crippen LogP) is 3.66. The summed E-state index contributed by atoms with van der Waals surface area (Å²) >= 11 is 4.53. The Bertz CT molecular complexity index is 591. The van der Waals surface area contributed by atoms with Gasteiger partial charge in [0.1, 0.15) is 5.82 Å². The average Bonchev–Trinajstić information content (AvgIpc) is 2.77. The van der Waals surface area contributed by atoms with Crippen LogP contribution in [0.4, 0.5) is 4.39 Å². The molecule has 0 aliphatic heterocycles. The standard InChI is InChI=1S/C11H7BrFNO3S/c1-18-10-6(12)2-5(3-7(10)13)9-4-8(11(15)16)14-17-9/h2-4H,1H3,(H,15,16). The van der Waals surface area contributed by atoms with Crippen molar-refractivity contribution in [1.29, 1.82) is 0 Å². The Morgan fingerprint density at radius 2 is 2.22 bits per heavy atom. The number of aromatic carboxylic acids is 1. The van der Waals surface area contributed by atoms with E-state index in [0.717, 1.165) is 0 Å². The molecule has 0 unspecified atom stereocenters. The number of carboxylic acids is 1. The van der Waals surface area contributed by atoms with E-state index in [0.29, 0.717) is 14.9 Å². The van der Waals surface area contributed by atoms with Crippen molar-refractivity contribution in [3.05, 3.63) is 34.2 Å². The van der Waals surface area contributed by atoms with E-state index in [4.69, 9.17) is 9.63 Å². The van der Waals surface area contributed by atoms with Crippen LogP contribution in [0, 0.1) is 5.82 Å². The molecule has 0 saturated heterocycles. The summed E-state index contributed by atoms with van der Waals surface area (Å²) < 4.78 is 19.2. The minimum atomic E-state index is -1.19. The first-order valence-electron chi connectivity index (χ1n) is 4.76. The number of rotatable bonds is 3. The highest BCUT2D eigenvalue weighted by molar-refractivity contribution is 9.10. The minimum absolute atomic E-state index is 0.208. The van der Waals surface area contributed by atoms with Crippen LogP contribution in [0.2, 0.25) is 0 Å². The Kier molecular flexibility index (Phi) is 3.72. The van der Waals surface area contributed by atoms with Gasteiger partial charge < -0.3 is 9.63 Å². The van der Waals surface area contributed by atoms with Crippen LogP contribution in [0.15, 0.2) is 32.1 Å². The molecule has 18 heavy (non-hydrogen) atoms. The fourth-order valence-corrected chi connectivity index (χ4v) is 2.84. The lowest BCUT2D eigenvalue weighted by Crippen LogP contribution is -1.94. The smallest absolute Gasteiger partial charge is 0.358 e. The molecule has 0 bridgehead atoms. The highest BCUT2D eigenvalue weighted by Crippen LogP contribution is 2.33. The van der Waals surface area contributed by atoms with Gasteiger partial charge in [-0.25, -0.2) is 9.18 Å². The topological polar surface area (TPSA) is 63.3 Å². The molecule has 0 fully saturated rings. The monoisotopic (exact) mass is 331 g/mol. The molecule has 1 heterocycles. The van der Waals surface area contributed by atoms with E-state index < -0.39 is 11.8 Å². The van der Waals surface area contributed by atoms with Crippen LogP contribution in [0.25, 0.3) is 11.3 Å². The van der Waals surface area contributed by atoms with Gasteiger partial charge in [-0.05, 0) is 34.3 Å². The van der Waals surface area contributed by atoms with Crippen LogP contribution >= 0.6 is 27.7 Å². The van der Waals surface area contributed by atoms with Gasteiger partial charge in [-0.1, -0.05) is 5.16 Å². The second-order valence-corrected chi connectivity index (χ2v) is 5.03. The molecule has 0 atom stereocenters. The van der Waals surface area contributed by atoms with Gasteiger partial charge in [0, 0.05) is 16.1 Å². The zero-order valence-corrected chi connectivity index (χ0v) is 11.5. The maximum absolute atomic E-state index is 13.7. The second kappa shape index (κ2) is 5.11. The van der Waals surface area contributed by atoms with Crippen molar-refractivity contribution in [3.8, 4) is 11.3 Å². The van der Waals surface area contributed by atoms with Gasteiger partial charge >= 0.3 is 5.97 Å². The number of carbonyl (C=O) groups is 1. The minimum Gasteiger partial charge on any atom is -0.476 e. The number of aromatic nitrogens is 1. The Morgan fingerprint density at radius 3 is 2.72 bits per heavy atom. The zero-order chi connectivity index (χ0) is 13.3. The van der Waals surface area contributed by atoms with Crippen molar-refractivity contribution in [2.45, 2.75) is 4.90 Å². The fraction of sp³-hybridized carbons (Fsp3) is 0.0909. The molecule has 0 aliphatic carbocycles. The van der Waals surface area contributed by atoms with Crippen LogP contribution in [0.5, 0.6) is 0 Å². The normalized spacial score (nSPS) is 10.6. The summed E-state index contributed by atoms with van der Waals surface area (Å²) in [7, 11) is 0. The van der Waals surface area contributed by atoms with Crippen LogP contribution in [0.1, 0.15) is 10.5 Å². The first-order valence-corrected chi connectivity index (χ1v) is 6.78. The third-order valence-corrected chi connectivity index (χ3v) is 3.93. The molecule has 0 spiro atoms. The molecule has 0 aliphatic rings. The highest BCUT2D eigenvalue weighted by atomic mass is 79.9. The van der Waals surface area contributed by atoms with Crippen molar-refractivity contribution in [1.82, 2.24) is 5.16 Å². The molecule has 0 amide bonds. The average molecular weight is 332 g/mol. The van der Waals surface area contributed by atoms with Gasteiger partial charge in [0.2, 0.25) is 0 Å². The summed E-state index contributed by atoms with van der Waals surface area (Å²) in [6.45, 7) is 0. The first kappa shape index (κ1) is 13.1. The molecule has 2 rings (SSSR count). The van der Waals surface area contributed by atoms with Gasteiger partial charge in [-0.15, -0.1) is 11.8 Å². The SMILES string of the molecule is CSc1c(F)cc(-c2cc(C(=O)O)no2)cc1Br. The third-order valence-electron chi connectivity index (χ3n) is 2.22. The summed E-state index contributed by atoms with van der Waals surface area (Å²) in [4.78, 5) is 11.2. The lowest BCUT2D eigenvalue weighted by atomic mass is 10.1. The number of benzene rings is 1. The van der Waals surface area contributed by atoms with E-state index >= 15 is 0 Å². The van der Waals surface area contributed by atoms with Gasteiger partial charge in [-0.2, -0.15) is 0 Å². The Balaban J connectivity index is 2.47. The summed E-state index contributed by atoms with van der Waals surface area (Å²) in [5.41, 5.74) is 0.215. The van der Waals surface area contributed by atoms with Crippen molar-refractivity contribution >= 4 is 33.7 Å². The molecule has 2 aromatic rings. The van der Waals surface area contributed by atoms with E-state index in [-0.39, 0.29) is 11.5 Å². The van der Waals surface area contributed by atoms with Crippen molar-refractivity contribution in [2.75, 3.05) is 6.26 Å². The quantitative estimate of drug-likeness (QED) is 0.869. The highest BCUT2D eigenvalue weighted by Gasteiger charge is 2.15. The third kappa shape index (κ3) is 2.41. The molecule has 94 valence electrons. The number of hydrogen-bond acceptors (Lipinski definition) is 4. The number of halogens is 2. The van der Waals surface area contributed by atoms with Gasteiger partial charge in [-0.3, -0.25) is 0 Å². The fourth-order valence-electron chi connectivity index (χ4n) is 1.41. The Morgan fingerprint density at radius 1 is 1.50 bits per heavy atom. The van der Waals surface area contributed by atoms with Crippen molar-refractivity contribution in [3.63, 3.8) is 0 Å². The lowest BCUT2D eigenvalue weighted by Gasteiger charge is -2.04. The largest absolute Gasteiger partial charge is 0.476 e. The summed E-state index contributed by atoms with van der Waals surface area (Å²) in [6, 6.07) is 4.19. The molecule has 1 N–H and O–H groups in total. The van der Waals surface area contributed by atoms with Gasteiger partial charge in [0.05, 0.1) is 4.90 Å². The van der Waals surface area contributed by atoms with Crippen LogP contribution in [-0.4, -0.2) is 22.5 Å². The second-order valence-electron chi connectivity index (χ2n) is 3.35. The molecule has 7 heteroatoms. The van der Waals surface area contributed by atoms with Crippen LogP contribution in [0.3, 0.4) is 0 Å². The summed E-state index contributed by atoms with van der Waals surface area (Å²) in [5.74, 6) is -1.38. The van der Waals surface area contributed by atoms with Crippen LogP contribution in [-0.2, 0) is 0 Å². The van der Waals surface area contributed by atoms with E-state index in [1.165, 1.54) is 23.9 Å². The predicted molar refractivity (Wildman–Crippen MR) is 68.3 cm³/mol. The number of hydrogen-bond donors (Lipinski definition) is 1. The Hall–Kier alpha value is -1.34. The van der Waals surface area contributed by atoms with E-state index in [2.05, 4.69) is 21.1 Å². The number of carboxylic acid groups (broad SMARTS) is 1. The number of nitrogens with zero attached hydrogens (tertiary/aromatic N) is 1. The Labute approximate surface area is 114 Å². The van der Waals surface area contributed by atoms with Gasteiger partial charge in [0.15, 0.2) is 11.5 Å². The molecular formula is C11H7BrFNO3S. The van der Waals surface area contributed by atoms with Gasteiger partial charge in [0.25, 0.3) is 0 Å². The van der Waals surface area contributed by atoms with E-state index in [1.54, 1.807) is 12.3 Å². The lowest BCUT2D eigenvalue weighted by molar-refractivity contribution is 0.0686. The number of thioether (sulfide) groups is 1. The molecule has 1 aromatic heterocycles. The van der Waals surface area contributed by atoms with Crippen molar-refractivity contribution < 1.29 is 18.8 Å². The van der Waals surface area contributed by atoms with Crippen molar-refractivity contribution in [2.24, 2.45) is 0 Å². The zero-order valence-electron chi connectivity index (χ0n) is 9.11. The molecule has 4 nitrogen and oxygen atoms in total. The maximum Gasteiger partial charge on any atom is 0.358 e. The molecular weight excluding hydrogens is 325 g/mol. The molecule has 0 saturated carbocycles. The molecule has 0 radical (unpaired) electrons. The maximum atomic E-state index is 13.7. The van der Waals surface area contributed by atoms with E-state index in [9.17, 15) is 9.18 Å².